The van der Waals surface area contributed by atoms with Crippen molar-refractivity contribution in [3.63, 3.8) is 0 Å². The van der Waals surface area contributed by atoms with Gasteiger partial charge in [-0.15, -0.1) is 0 Å². The predicted octanol–water partition coefficient (Wildman–Crippen LogP) is 0.341. The Bertz CT molecular complexity index is 789. The Morgan fingerprint density at radius 3 is 2.83 bits per heavy atom. The molecule has 1 unspecified atom stereocenters. The summed E-state index contributed by atoms with van der Waals surface area (Å²) in [5, 5.41) is 0. The molecule has 2 fully saturated rings. The maximum atomic E-state index is 6.15. The first-order valence-electron chi connectivity index (χ1n) is 7.81. The van der Waals surface area contributed by atoms with Crippen LogP contribution in [0.3, 0.4) is 0 Å². The highest BCUT2D eigenvalue weighted by Gasteiger charge is 2.55. The number of anilines is 1. The molecule has 0 aromatic carbocycles. The van der Waals surface area contributed by atoms with Crippen molar-refractivity contribution in [3.8, 4) is 0 Å². The smallest absolute Gasteiger partial charge is 0.167 e. The van der Waals surface area contributed by atoms with Crippen LogP contribution in [0.5, 0.6) is 0 Å². The molecule has 4 N–H and O–H groups in total. The molecule has 2 aliphatic heterocycles. The van der Waals surface area contributed by atoms with Crippen molar-refractivity contribution in [1.82, 2.24) is 19.5 Å². The van der Waals surface area contributed by atoms with Gasteiger partial charge in [0.25, 0.3) is 0 Å². The van der Waals surface area contributed by atoms with E-state index in [-0.39, 0.29) is 18.3 Å². The number of hydrogen-bond donors (Lipinski definition) is 2. The van der Waals surface area contributed by atoms with Gasteiger partial charge in [-0.05, 0) is 13.8 Å². The van der Waals surface area contributed by atoms with Gasteiger partial charge in [0.15, 0.2) is 23.5 Å². The quantitative estimate of drug-likeness (QED) is 0.771. The average molecular weight is 332 g/mol. The molecule has 2 aromatic rings. The number of ether oxygens (including phenoxy) is 3. The first kappa shape index (κ1) is 15.5. The van der Waals surface area contributed by atoms with Gasteiger partial charge in [0.1, 0.15) is 30.2 Å². The van der Waals surface area contributed by atoms with Gasteiger partial charge >= 0.3 is 0 Å². The molecule has 2 aromatic heterocycles. The van der Waals surface area contributed by atoms with Crippen LogP contribution in [0.4, 0.5) is 5.82 Å². The van der Waals surface area contributed by atoms with Crippen LogP contribution in [0.2, 0.25) is 0 Å². The zero-order valence-electron chi connectivity index (χ0n) is 13.5. The first-order chi connectivity index (χ1) is 11.5. The maximum absolute atomic E-state index is 6.15. The summed E-state index contributed by atoms with van der Waals surface area (Å²) in [5.74, 6) is -0.354. The van der Waals surface area contributed by atoms with Crippen molar-refractivity contribution in [3.05, 3.63) is 24.8 Å². The van der Waals surface area contributed by atoms with Gasteiger partial charge in [-0.2, -0.15) is 0 Å². The summed E-state index contributed by atoms with van der Waals surface area (Å²) in [6.45, 7) is 4.21. The molecule has 128 valence electrons. The third-order valence-electron chi connectivity index (χ3n) is 4.19. The molecule has 2 aliphatic rings. The fourth-order valence-corrected chi connectivity index (χ4v) is 3.26. The minimum atomic E-state index is -0.684. The fourth-order valence-electron chi connectivity index (χ4n) is 3.26. The van der Waals surface area contributed by atoms with Crippen molar-refractivity contribution in [2.24, 2.45) is 5.73 Å². The van der Waals surface area contributed by atoms with E-state index in [0.29, 0.717) is 23.5 Å². The van der Waals surface area contributed by atoms with Gasteiger partial charge in [0.2, 0.25) is 0 Å². The van der Waals surface area contributed by atoms with Crippen LogP contribution in [-0.4, -0.2) is 50.2 Å². The largest absolute Gasteiger partial charge is 0.382 e. The van der Waals surface area contributed by atoms with Crippen LogP contribution >= 0.6 is 0 Å². The van der Waals surface area contributed by atoms with Crippen molar-refractivity contribution in [1.29, 1.82) is 0 Å². The summed E-state index contributed by atoms with van der Waals surface area (Å²) < 4.78 is 20.0. The molecule has 0 spiro atoms. The third-order valence-corrected chi connectivity index (χ3v) is 4.19. The zero-order valence-corrected chi connectivity index (χ0v) is 13.5. The molecule has 9 nitrogen and oxygen atoms in total. The molecule has 9 heteroatoms. The number of rotatable bonds is 3. The Kier molecular flexibility index (Phi) is 3.53. The standard InChI is InChI=1S/C15H20N6O3/c1-15(2)23-10-8(4-3-5-16)22-14(11(10)24-15)21-7-20-9-12(17)18-6-19-13(9)21/h3-4,6-8,10-11,14H,5,16H2,1-2H3,(H2,17,18,19)/t8-,10-,11?,14-/m1/s1. The van der Waals surface area contributed by atoms with E-state index in [2.05, 4.69) is 15.0 Å². The highest BCUT2D eigenvalue weighted by Crippen LogP contribution is 2.44. The summed E-state index contributed by atoms with van der Waals surface area (Å²) in [7, 11) is 0. The van der Waals surface area contributed by atoms with E-state index in [1.54, 1.807) is 6.33 Å². The predicted molar refractivity (Wildman–Crippen MR) is 85.7 cm³/mol. The lowest BCUT2D eigenvalue weighted by Crippen LogP contribution is -2.28. The van der Waals surface area contributed by atoms with E-state index < -0.39 is 12.0 Å². The summed E-state index contributed by atoms with van der Waals surface area (Å²) in [6, 6.07) is 0. The third kappa shape index (κ3) is 2.37. The van der Waals surface area contributed by atoms with Crippen LogP contribution in [0, 0.1) is 0 Å². The number of nitrogen functional groups attached to an aromatic ring is 1. The van der Waals surface area contributed by atoms with Gasteiger partial charge in [0.05, 0.1) is 6.33 Å². The van der Waals surface area contributed by atoms with Gasteiger partial charge in [-0.25, -0.2) is 15.0 Å². The number of hydrogen-bond acceptors (Lipinski definition) is 8. The van der Waals surface area contributed by atoms with E-state index >= 15 is 0 Å². The Morgan fingerprint density at radius 2 is 2.04 bits per heavy atom. The van der Waals surface area contributed by atoms with E-state index in [4.69, 9.17) is 25.7 Å². The van der Waals surface area contributed by atoms with Crippen LogP contribution < -0.4 is 11.5 Å². The Morgan fingerprint density at radius 1 is 1.25 bits per heavy atom. The summed E-state index contributed by atoms with van der Waals surface area (Å²) in [5.41, 5.74) is 12.6. The molecular weight excluding hydrogens is 312 g/mol. The molecule has 0 amide bonds. The number of nitrogens with zero attached hydrogens (tertiary/aromatic N) is 4. The molecular formula is C15H20N6O3. The molecule has 0 aliphatic carbocycles. The lowest BCUT2D eigenvalue weighted by atomic mass is 10.1. The summed E-state index contributed by atoms with van der Waals surface area (Å²) in [4.78, 5) is 12.5. The van der Waals surface area contributed by atoms with E-state index in [1.807, 2.05) is 30.6 Å². The number of nitrogens with two attached hydrogens (primary N) is 2. The van der Waals surface area contributed by atoms with Gasteiger partial charge in [-0.3, -0.25) is 4.57 Å². The minimum absolute atomic E-state index is 0.232. The molecule has 0 radical (unpaired) electrons. The van der Waals surface area contributed by atoms with Crippen LogP contribution in [0.15, 0.2) is 24.8 Å². The highest BCUT2D eigenvalue weighted by atomic mass is 16.8. The molecule has 4 heterocycles. The van der Waals surface area contributed by atoms with E-state index in [0.717, 1.165) is 0 Å². The monoisotopic (exact) mass is 332 g/mol. The molecule has 4 atom stereocenters. The lowest BCUT2D eigenvalue weighted by Gasteiger charge is -2.24. The maximum Gasteiger partial charge on any atom is 0.167 e. The second-order valence-electron chi connectivity index (χ2n) is 6.30. The number of fused-ring (bicyclic) bond motifs is 2. The Balaban J connectivity index is 1.74. The molecule has 0 bridgehead atoms. The number of aromatic nitrogens is 4. The fraction of sp³-hybridized carbons (Fsp3) is 0.533. The van der Waals surface area contributed by atoms with Gasteiger partial charge < -0.3 is 25.7 Å². The van der Waals surface area contributed by atoms with E-state index in [1.165, 1.54) is 6.33 Å². The summed E-state index contributed by atoms with van der Waals surface area (Å²) in [6.07, 6.45) is 5.59. The lowest BCUT2D eigenvalue weighted by molar-refractivity contribution is -0.191. The minimum Gasteiger partial charge on any atom is -0.382 e. The molecule has 0 saturated carbocycles. The van der Waals surface area contributed by atoms with Gasteiger partial charge in [0, 0.05) is 6.54 Å². The first-order valence-corrected chi connectivity index (χ1v) is 7.81. The van der Waals surface area contributed by atoms with Crippen molar-refractivity contribution < 1.29 is 14.2 Å². The van der Waals surface area contributed by atoms with Crippen molar-refractivity contribution >= 4 is 17.0 Å². The summed E-state index contributed by atoms with van der Waals surface area (Å²) >= 11 is 0. The second-order valence-corrected chi connectivity index (χ2v) is 6.30. The van der Waals surface area contributed by atoms with Gasteiger partial charge in [-0.1, -0.05) is 12.2 Å². The second kappa shape index (κ2) is 5.49. The molecule has 2 saturated heterocycles. The highest BCUT2D eigenvalue weighted by molar-refractivity contribution is 5.81. The van der Waals surface area contributed by atoms with Crippen LogP contribution in [-0.2, 0) is 14.2 Å². The Labute approximate surface area is 138 Å². The normalized spacial score (nSPS) is 32.0. The SMILES string of the molecule is CC1(C)OC2[C@H](n3cnc4c(N)ncnc43)O[C@H](C=CCN)[C@H]2O1. The Hall–Kier alpha value is -2.07. The zero-order chi connectivity index (χ0) is 16.9. The number of imidazole rings is 1. The van der Waals surface area contributed by atoms with Crippen molar-refractivity contribution in [2.75, 3.05) is 12.3 Å². The average Bonchev–Trinajstić information content (AvgIpc) is 3.17. The topological polar surface area (TPSA) is 123 Å². The van der Waals surface area contributed by atoms with Crippen LogP contribution in [0.1, 0.15) is 20.1 Å². The van der Waals surface area contributed by atoms with Crippen LogP contribution in [0.25, 0.3) is 11.2 Å². The molecule has 4 rings (SSSR count). The van der Waals surface area contributed by atoms with E-state index in [9.17, 15) is 0 Å². The van der Waals surface area contributed by atoms with Crippen molar-refractivity contribution in [2.45, 2.75) is 44.2 Å². The molecule has 24 heavy (non-hydrogen) atoms.